The number of fused-ring (bicyclic) bond motifs is 1. The highest BCUT2D eigenvalue weighted by atomic mass is 35.6. The molecule has 2 heterocycles. The average Bonchev–Trinajstić information content (AvgIpc) is 3.21. The molecule has 0 spiro atoms. The average molecular weight is 718 g/mol. The molecule has 2 aliphatic heterocycles. The highest BCUT2D eigenvalue weighted by Crippen LogP contribution is 2.55. The molecule has 4 N–H and O–H groups in total. The fraction of sp³-hybridized carbons (Fsp3) is 0.357. The summed E-state index contributed by atoms with van der Waals surface area (Å²) < 4.78 is 11.9. The molecule has 0 radical (unpaired) electrons. The summed E-state index contributed by atoms with van der Waals surface area (Å²) in [6, 6.07) is 11.5. The van der Waals surface area contributed by atoms with Crippen LogP contribution in [0, 0.1) is 0 Å². The maximum absolute atomic E-state index is 13.9. The number of aliphatic carboxylic acids is 1. The molecule has 2 aromatic carbocycles. The number of carboxylic acids is 1. The summed E-state index contributed by atoms with van der Waals surface area (Å²) in [7, 11) is 0. The van der Waals surface area contributed by atoms with Gasteiger partial charge in [0.25, 0.3) is 5.91 Å². The number of alkyl carbamates (subject to hydrolysis) is 1. The second-order valence-electron chi connectivity index (χ2n) is 10.5. The number of ether oxygens (including phenoxy) is 3. The normalized spacial score (nSPS) is 21.9. The SMILES string of the molecule is CC1(C)S[C@@H]2[C@@H](NC=O)C(=O)N2[C@@]1(NC(=O)C(NC(=O)OCC(Cl)(Cl)Cl)c1ccc(OC(=O)OCc2ccccc2)cc1)C(=O)O. The topological polar surface area (TPSA) is 190 Å². The predicted octanol–water partition coefficient (Wildman–Crippen LogP) is 3.25. The van der Waals surface area contributed by atoms with Crippen LogP contribution in [-0.2, 0) is 35.3 Å². The summed E-state index contributed by atoms with van der Waals surface area (Å²) in [4.78, 5) is 76.5. The molecule has 14 nitrogen and oxygen atoms in total. The maximum Gasteiger partial charge on any atom is 0.514 e. The first-order valence-electron chi connectivity index (χ1n) is 13.3. The van der Waals surface area contributed by atoms with E-state index in [1.54, 1.807) is 24.3 Å². The van der Waals surface area contributed by atoms with E-state index in [0.29, 0.717) is 6.41 Å². The summed E-state index contributed by atoms with van der Waals surface area (Å²) in [6.45, 7) is 2.30. The minimum Gasteiger partial charge on any atom is -0.478 e. The number of amides is 4. The molecular formula is C28H27Cl3N4O10S. The number of rotatable bonds is 11. The van der Waals surface area contributed by atoms with Crippen molar-refractivity contribution < 1.29 is 48.1 Å². The van der Waals surface area contributed by atoms with Crippen molar-refractivity contribution in [1.29, 1.82) is 0 Å². The molecule has 4 rings (SSSR count). The maximum atomic E-state index is 13.9. The van der Waals surface area contributed by atoms with Crippen LogP contribution in [0.25, 0.3) is 0 Å². The zero-order valence-corrected chi connectivity index (χ0v) is 27.1. The second-order valence-corrected chi connectivity index (χ2v) is 14.7. The van der Waals surface area contributed by atoms with Gasteiger partial charge in [0.15, 0.2) is 0 Å². The fourth-order valence-corrected chi connectivity index (χ4v) is 6.77. The van der Waals surface area contributed by atoms with Crippen molar-refractivity contribution in [2.24, 2.45) is 0 Å². The third-order valence-corrected chi connectivity index (χ3v) is 8.99. The number of alkyl halides is 3. The van der Waals surface area contributed by atoms with E-state index in [4.69, 9.17) is 49.0 Å². The molecule has 2 aromatic rings. The van der Waals surface area contributed by atoms with Crippen LogP contribution in [0.5, 0.6) is 5.75 Å². The van der Waals surface area contributed by atoms with Crippen LogP contribution in [0.4, 0.5) is 9.59 Å². The van der Waals surface area contributed by atoms with Crippen LogP contribution < -0.4 is 20.7 Å². The lowest BCUT2D eigenvalue weighted by Gasteiger charge is -2.49. The Bertz CT molecular complexity index is 1510. The van der Waals surface area contributed by atoms with Gasteiger partial charge in [0.2, 0.25) is 21.8 Å². The number of nitrogens with one attached hydrogen (secondary N) is 3. The lowest BCUT2D eigenvalue weighted by Crippen LogP contribution is -2.80. The van der Waals surface area contributed by atoms with E-state index in [-0.39, 0.29) is 17.9 Å². The molecule has 2 aliphatic rings. The van der Waals surface area contributed by atoms with Gasteiger partial charge < -0.3 is 35.3 Å². The molecule has 0 aromatic heterocycles. The van der Waals surface area contributed by atoms with Gasteiger partial charge in [-0.15, -0.1) is 11.8 Å². The third kappa shape index (κ3) is 7.38. The van der Waals surface area contributed by atoms with E-state index >= 15 is 0 Å². The van der Waals surface area contributed by atoms with E-state index in [2.05, 4.69) is 16.0 Å². The van der Waals surface area contributed by atoms with Gasteiger partial charge in [-0.3, -0.25) is 19.3 Å². The summed E-state index contributed by atoms with van der Waals surface area (Å²) in [5, 5.41) is 16.7. The lowest BCUT2D eigenvalue weighted by atomic mass is 9.88. The zero-order valence-electron chi connectivity index (χ0n) is 24.0. The van der Waals surface area contributed by atoms with Crippen molar-refractivity contribution in [3.05, 3.63) is 65.7 Å². The van der Waals surface area contributed by atoms with Gasteiger partial charge in [0.1, 0.15) is 36.4 Å². The van der Waals surface area contributed by atoms with Crippen molar-refractivity contribution in [2.75, 3.05) is 6.61 Å². The molecule has 246 valence electrons. The van der Waals surface area contributed by atoms with Gasteiger partial charge >= 0.3 is 18.2 Å². The Kier molecular flexibility index (Phi) is 10.5. The Hall–Kier alpha value is -3.92. The summed E-state index contributed by atoms with van der Waals surface area (Å²) >= 11 is 18.0. The van der Waals surface area contributed by atoms with Crippen LogP contribution >= 0.6 is 46.6 Å². The van der Waals surface area contributed by atoms with Crippen molar-refractivity contribution >= 4 is 83.0 Å². The summed E-state index contributed by atoms with van der Waals surface area (Å²) in [5.41, 5.74) is -1.48. The van der Waals surface area contributed by atoms with Crippen molar-refractivity contribution in [1.82, 2.24) is 20.9 Å². The molecular weight excluding hydrogens is 691 g/mol. The number of benzene rings is 2. The number of carboxylic acid groups (broad SMARTS) is 1. The fourth-order valence-electron chi connectivity index (χ4n) is 4.90. The lowest BCUT2D eigenvalue weighted by molar-refractivity contribution is -0.176. The molecule has 4 amide bonds. The number of hydrogen-bond donors (Lipinski definition) is 4. The smallest absolute Gasteiger partial charge is 0.478 e. The highest BCUT2D eigenvalue weighted by molar-refractivity contribution is 8.01. The van der Waals surface area contributed by atoms with Gasteiger partial charge in [-0.2, -0.15) is 0 Å². The molecule has 18 heteroatoms. The Labute approximate surface area is 281 Å². The number of halogens is 3. The second kappa shape index (κ2) is 13.8. The first-order valence-corrected chi connectivity index (χ1v) is 15.4. The van der Waals surface area contributed by atoms with E-state index in [9.17, 15) is 33.9 Å². The quantitative estimate of drug-likeness (QED) is 0.0878. The van der Waals surface area contributed by atoms with Gasteiger partial charge in [0, 0.05) is 0 Å². The first kappa shape index (κ1) is 34.9. The minimum absolute atomic E-state index is 0.0258. The number of hydrogen-bond acceptors (Lipinski definition) is 10. The molecule has 0 aliphatic carbocycles. The largest absolute Gasteiger partial charge is 0.514 e. The van der Waals surface area contributed by atoms with Crippen LogP contribution in [0.15, 0.2) is 54.6 Å². The first-order chi connectivity index (χ1) is 21.6. The highest BCUT2D eigenvalue weighted by Gasteiger charge is 2.74. The Morgan fingerprint density at radius 3 is 2.30 bits per heavy atom. The number of nitrogens with zero attached hydrogens (tertiary/aromatic N) is 1. The number of carbonyl (C=O) groups is 6. The van der Waals surface area contributed by atoms with Crippen LogP contribution in [-0.4, -0.2) is 78.7 Å². The molecule has 0 saturated carbocycles. The monoisotopic (exact) mass is 716 g/mol. The molecule has 2 fully saturated rings. The number of thioether (sulfide) groups is 1. The van der Waals surface area contributed by atoms with E-state index in [1.807, 2.05) is 6.07 Å². The third-order valence-electron chi connectivity index (χ3n) is 7.06. The van der Waals surface area contributed by atoms with Gasteiger partial charge in [-0.1, -0.05) is 77.3 Å². The van der Waals surface area contributed by atoms with E-state index < -0.39 is 68.3 Å². The van der Waals surface area contributed by atoms with Gasteiger partial charge in [-0.05, 0) is 37.1 Å². The van der Waals surface area contributed by atoms with E-state index in [1.165, 1.54) is 38.1 Å². The Morgan fingerprint density at radius 1 is 1.07 bits per heavy atom. The van der Waals surface area contributed by atoms with Gasteiger partial charge in [-0.25, -0.2) is 14.4 Å². The number of β-lactam (4-membered cyclic amide) rings is 1. The number of carbonyl (C=O) groups excluding carboxylic acids is 5. The van der Waals surface area contributed by atoms with Crippen LogP contribution in [0.1, 0.15) is 31.0 Å². The Balaban J connectivity index is 1.57. The van der Waals surface area contributed by atoms with Crippen molar-refractivity contribution in [2.45, 2.75) is 52.1 Å². The standard InChI is InChI=1S/C28H27Cl3N4O10S/c1-26(2)28(23(39)40,35-21(38)19(32-14-36)22(35)46-26)34-20(37)18(33-24(41)44-13-27(29,30)31)16-8-10-17(11-9-16)45-25(42)43-12-15-6-4-3-5-7-15/h3-11,14,18-19,22H,12-13H2,1-2H3,(H,32,36)(H,33,41)(H,34,37)(H,39,40)/t18?,19-,22+,28-/m0/s1. The predicted molar refractivity (Wildman–Crippen MR) is 165 cm³/mol. The minimum atomic E-state index is -2.30. The van der Waals surface area contributed by atoms with Crippen LogP contribution in [0.3, 0.4) is 0 Å². The molecule has 1 unspecified atom stereocenters. The summed E-state index contributed by atoms with van der Waals surface area (Å²) in [6.07, 6.45) is -1.87. The zero-order chi connectivity index (χ0) is 33.9. The van der Waals surface area contributed by atoms with E-state index in [0.717, 1.165) is 22.2 Å². The van der Waals surface area contributed by atoms with Crippen LogP contribution in [0.2, 0.25) is 0 Å². The van der Waals surface area contributed by atoms with Crippen molar-refractivity contribution in [3.8, 4) is 5.75 Å². The summed E-state index contributed by atoms with van der Waals surface area (Å²) in [5.74, 6) is -3.32. The molecule has 4 atom stereocenters. The molecule has 46 heavy (non-hydrogen) atoms. The Morgan fingerprint density at radius 2 is 1.72 bits per heavy atom. The van der Waals surface area contributed by atoms with Gasteiger partial charge in [0.05, 0.1) is 4.75 Å². The molecule has 2 saturated heterocycles. The molecule has 0 bridgehead atoms. The van der Waals surface area contributed by atoms with Crippen molar-refractivity contribution in [3.63, 3.8) is 0 Å².